The van der Waals surface area contributed by atoms with Crippen LogP contribution in [0.1, 0.15) is 32.0 Å². The van der Waals surface area contributed by atoms with Crippen molar-refractivity contribution >= 4 is 0 Å². The van der Waals surface area contributed by atoms with E-state index >= 15 is 0 Å². The zero-order chi connectivity index (χ0) is 9.31. The summed E-state index contributed by atoms with van der Waals surface area (Å²) >= 11 is 0. The molecule has 0 bridgehead atoms. The van der Waals surface area contributed by atoms with Gasteiger partial charge in [0.05, 0.1) is 13.1 Å². The first kappa shape index (κ1) is 8.62. The van der Waals surface area contributed by atoms with Crippen LogP contribution in [0.4, 0.5) is 0 Å². The molecule has 1 aliphatic carbocycles. The van der Waals surface area contributed by atoms with Gasteiger partial charge in [-0.2, -0.15) is 0 Å². The summed E-state index contributed by atoms with van der Waals surface area (Å²) in [6.07, 6.45) is 3.88. The lowest BCUT2D eigenvalue weighted by Crippen LogP contribution is -2.32. The fourth-order valence-electron chi connectivity index (χ4n) is 1.79. The molecule has 1 saturated carbocycles. The van der Waals surface area contributed by atoms with E-state index in [9.17, 15) is 0 Å². The van der Waals surface area contributed by atoms with Crippen molar-refractivity contribution in [3.05, 3.63) is 5.82 Å². The molecule has 13 heavy (non-hydrogen) atoms. The summed E-state index contributed by atoms with van der Waals surface area (Å²) in [5.41, 5.74) is 5.91. The normalized spacial score (nSPS) is 19.8. The highest BCUT2D eigenvalue weighted by molar-refractivity contribution is 4.87. The van der Waals surface area contributed by atoms with Crippen LogP contribution < -0.4 is 5.73 Å². The number of rotatable bonds is 3. The molecule has 1 heterocycles. The lowest BCUT2D eigenvalue weighted by atomic mass is 9.70. The topological polar surface area (TPSA) is 69.6 Å². The number of nitrogens with zero attached hydrogens (tertiary/aromatic N) is 4. The molecule has 0 aliphatic heterocycles. The quantitative estimate of drug-likeness (QED) is 0.729. The molecule has 5 heteroatoms. The molecule has 1 aromatic rings. The molecule has 5 nitrogen and oxygen atoms in total. The minimum atomic E-state index is 0.402. The van der Waals surface area contributed by atoms with Crippen LogP contribution in [0.5, 0.6) is 0 Å². The van der Waals surface area contributed by atoms with Crippen LogP contribution in [0.25, 0.3) is 0 Å². The van der Waals surface area contributed by atoms with E-state index in [0.717, 1.165) is 12.4 Å². The largest absolute Gasteiger partial charge is 0.324 e. The van der Waals surface area contributed by atoms with Crippen molar-refractivity contribution in [3.8, 4) is 0 Å². The molecule has 0 saturated heterocycles. The third-order valence-corrected chi connectivity index (χ3v) is 2.88. The van der Waals surface area contributed by atoms with E-state index in [1.54, 1.807) is 0 Å². The molecule has 0 atom stereocenters. The molecule has 72 valence electrons. The van der Waals surface area contributed by atoms with Crippen molar-refractivity contribution in [2.24, 2.45) is 11.1 Å². The van der Waals surface area contributed by atoms with Crippen molar-refractivity contribution in [1.29, 1.82) is 0 Å². The fourth-order valence-corrected chi connectivity index (χ4v) is 1.79. The molecular weight excluding hydrogens is 166 g/mol. The Hall–Kier alpha value is -0.970. The summed E-state index contributed by atoms with van der Waals surface area (Å²) in [7, 11) is 0. The molecule has 0 radical (unpaired) electrons. The average molecular weight is 181 g/mol. The Morgan fingerprint density at radius 1 is 1.54 bits per heavy atom. The lowest BCUT2D eigenvalue weighted by molar-refractivity contribution is 0.123. The zero-order valence-electron chi connectivity index (χ0n) is 7.90. The van der Waals surface area contributed by atoms with Crippen LogP contribution in [-0.4, -0.2) is 20.2 Å². The summed E-state index contributed by atoms with van der Waals surface area (Å²) in [6, 6.07) is 0. The number of hydrogen-bond acceptors (Lipinski definition) is 4. The van der Waals surface area contributed by atoms with E-state index in [-0.39, 0.29) is 0 Å². The molecule has 0 amide bonds. The van der Waals surface area contributed by atoms with E-state index in [4.69, 9.17) is 5.73 Å². The maximum atomic E-state index is 5.51. The van der Waals surface area contributed by atoms with E-state index in [1.807, 2.05) is 4.68 Å². The lowest BCUT2D eigenvalue weighted by Gasteiger charge is -2.38. The number of hydrogen-bond donors (Lipinski definition) is 1. The molecule has 2 rings (SSSR count). The molecule has 0 unspecified atom stereocenters. The minimum absolute atomic E-state index is 0.402. The van der Waals surface area contributed by atoms with E-state index < -0.39 is 0 Å². The van der Waals surface area contributed by atoms with Crippen LogP contribution in [-0.2, 0) is 13.1 Å². The van der Waals surface area contributed by atoms with Crippen LogP contribution in [0, 0.1) is 5.41 Å². The van der Waals surface area contributed by atoms with Crippen LogP contribution in [0.15, 0.2) is 0 Å². The molecule has 1 aliphatic rings. The smallest absolute Gasteiger partial charge is 0.164 e. The van der Waals surface area contributed by atoms with Gasteiger partial charge in [-0.25, -0.2) is 4.68 Å². The van der Waals surface area contributed by atoms with Gasteiger partial charge in [0.1, 0.15) is 0 Å². The standard InChI is InChI=1S/C8H15N5/c1-8(3-2-4-8)6-13-7(5-9)10-11-12-13/h2-6,9H2,1H3. The number of tetrazole rings is 1. The van der Waals surface area contributed by atoms with Crippen molar-refractivity contribution in [3.63, 3.8) is 0 Å². The Morgan fingerprint density at radius 3 is 2.85 bits per heavy atom. The monoisotopic (exact) mass is 181 g/mol. The first-order valence-corrected chi connectivity index (χ1v) is 4.69. The first-order valence-electron chi connectivity index (χ1n) is 4.69. The van der Waals surface area contributed by atoms with E-state index in [0.29, 0.717) is 12.0 Å². The third kappa shape index (κ3) is 1.56. The fraction of sp³-hybridized carbons (Fsp3) is 0.875. The Balaban J connectivity index is 2.08. The maximum Gasteiger partial charge on any atom is 0.164 e. The Bertz CT molecular complexity index is 288. The molecule has 1 fully saturated rings. The van der Waals surface area contributed by atoms with Gasteiger partial charge in [-0.05, 0) is 28.7 Å². The van der Waals surface area contributed by atoms with Crippen molar-refractivity contribution in [2.75, 3.05) is 0 Å². The second-order valence-electron chi connectivity index (χ2n) is 4.12. The van der Waals surface area contributed by atoms with Crippen LogP contribution in [0.2, 0.25) is 0 Å². The molecule has 2 N–H and O–H groups in total. The minimum Gasteiger partial charge on any atom is -0.324 e. The summed E-state index contributed by atoms with van der Waals surface area (Å²) < 4.78 is 1.83. The Labute approximate surface area is 77.3 Å². The van der Waals surface area contributed by atoms with Crippen molar-refractivity contribution < 1.29 is 0 Å². The van der Waals surface area contributed by atoms with Gasteiger partial charge in [-0.1, -0.05) is 13.3 Å². The SMILES string of the molecule is CC1(Cn2nnnc2CN)CCC1. The predicted octanol–water partition coefficient (Wildman–Crippen LogP) is 0.322. The second-order valence-corrected chi connectivity index (χ2v) is 4.12. The molecule has 1 aromatic heterocycles. The highest BCUT2D eigenvalue weighted by Crippen LogP contribution is 2.41. The third-order valence-electron chi connectivity index (χ3n) is 2.88. The zero-order valence-corrected chi connectivity index (χ0v) is 7.90. The van der Waals surface area contributed by atoms with Gasteiger partial charge >= 0.3 is 0 Å². The Kier molecular flexibility index (Phi) is 2.03. The second kappa shape index (κ2) is 3.06. The molecule has 0 aromatic carbocycles. The molecule has 0 spiro atoms. The molecular formula is C8H15N5. The van der Waals surface area contributed by atoms with Gasteiger partial charge in [0, 0.05) is 0 Å². The summed E-state index contributed by atoms with van der Waals surface area (Å²) in [6.45, 7) is 3.61. The highest BCUT2D eigenvalue weighted by Gasteiger charge is 2.33. The van der Waals surface area contributed by atoms with E-state index in [1.165, 1.54) is 19.3 Å². The van der Waals surface area contributed by atoms with Gasteiger partial charge in [0.2, 0.25) is 0 Å². The van der Waals surface area contributed by atoms with Gasteiger partial charge in [-0.3, -0.25) is 0 Å². The Morgan fingerprint density at radius 2 is 2.31 bits per heavy atom. The van der Waals surface area contributed by atoms with E-state index in [2.05, 4.69) is 22.4 Å². The van der Waals surface area contributed by atoms with Gasteiger partial charge in [0.25, 0.3) is 0 Å². The average Bonchev–Trinajstić information content (AvgIpc) is 2.49. The first-order chi connectivity index (χ1) is 6.23. The van der Waals surface area contributed by atoms with Crippen molar-refractivity contribution in [2.45, 2.75) is 39.3 Å². The van der Waals surface area contributed by atoms with Crippen LogP contribution >= 0.6 is 0 Å². The number of nitrogens with two attached hydrogens (primary N) is 1. The highest BCUT2D eigenvalue weighted by atomic mass is 15.5. The summed E-state index contributed by atoms with van der Waals surface area (Å²) in [4.78, 5) is 0. The number of aromatic nitrogens is 4. The summed E-state index contributed by atoms with van der Waals surface area (Å²) in [5, 5.41) is 11.4. The van der Waals surface area contributed by atoms with Gasteiger partial charge in [0.15, 0.2) is 5.82 Å². The predicted molar refractivity (Wildman–Crippen MR) is 47.7 cm³/mol. The maximum absolute atomic E-state index is 5.51. The summed E-state index contributed by atoms with van der Waals surface area (Å²) in [5.74, 6) is 0.785. The van der Waals surface area contributed by atoms with Crippen LogP contribution in [0.3, 0.4) is 0 Å². The van der Waals surface area contributed by atoms with Gasteiger partial charge < -0.3 is 5.73 Å². The van der Waals surface area contributed by atoms with Gasteiger partial charge in [-0.15, -0.1) is 5.10 Å². The van der Waals surface area contributed by atoms with Crippen molar-refractivity contribution in [1.82, 2.24) is 20.2 Å².